The molecule has 1 aromatic heterocycles. The number of carbonyl (C=O) groups excluding carboxylic acids is 1. The molecule has 6 heteroatoms. The first-order chi connectivity index (χ1) is 8.99. The molecular formula is C13H13Cl2N3O. The predicted octanol–water partition coefficient (Wildman–Crippen LogP) is 3.12. The van der Waals surface area contributed by atoms with Gasteiger partial charge in [0.05, 0.1) is 15.7 Å². The van der Waals surface area contributed by atoms with Crippen molar-refractivity contribution in [3.05, 3.63) is 45.7 Å². The maximum atomic E-state index is 12.1. The Bertz CT molecular complexity index is 599. The highest BCUT2D eigenvalue weighted by atomic mass is 35.5. The van der Waals surface area contributed by atoms with Crippen molar-refractivity contribution in [2.24, 2.45) is 7.05 Å². The van der Waals surface area contributed by atoms with Gasteiger partial charge < -0.3 is 5.73 Å². The van der Waals surface area contributed by atoms with Crippen LogP contribution < -0.4 is 5.73 Å². The van der Waals surface area contributed by atoms with Crippen molar-refractivity contribution in [3.63, 3.8) is 0 Å². The highest BCUT2D eigenvalue weighted by Crippen LogP contribution is 2.29. The van der Waals surface area contributed by atoms with Crippen LogP contribution >= 0.6 is 23.2 Å². The highest BCUT2D eigenvalue weighted by Gasteiger charge is 2.12. The number of hydrogen-bond donors (Lipinski definition) is 1. The lowest BCUT2D eigenvalue weighted by Crippen LogP contribution is -2.05. The molecule has 0 aliphatic carbocycles. The standard InChI is InChI=1S/C13H13Cl2N3O/c1-18-9(4-5-17-18)2-3-12(19)8-6-10(14)13(16)11(15)7-8/h4-7H,2-3,16H2,1H3. The summed E-state index contributed by atoms with van der Waals surface area (Å²) < 4.78 is 1.75. The third-order valence-corrected chi connectivity index (χ3v) is 3.56. The van der Waals surface area contributed by atoms with Gasteiger partial charge in [0.1, 0.15) is 0 Å². The van der Waals surface area contributed by atoms with E-state index in [0.29, 0.717) is 34.1 Å². The Morgan fingerprint density at radius 3 is 2.53 bits per heavy atom. The summed E-state index contributed by atoms with van der Waals surface area (Å²) in [5.74, 6) is -0.0231. The molecule has 0 atom stereocenters. The minimum absolute atomic E-state index is 0.0231. The average molecular weight is 298 g/mol. The minimum Gasteiger partial charge on any atom is -0.396 e. The van der Waals surface area contributed by atoms with Crippen LogP contribution in [-0.2, 0) is 13.5 Å². The summed E-state index contributed by atoms with van der Waals surface area (Å²) in [5, 5.41) is 4.66. The fraction of sp³-hybridized carbons (Fsp3) is 0.231. The van der Waals surface area contributed by atoms with E-state index >= 15 is 0 Å². The number of carbonyl (C=O) groups is 1. The number of rotatable bonds is 4. The smallest absolute Gasteiger partial charge is 0.163 e. The molecule has 0 radical (unpaired) electrons. The first kappa shape index (κ1) is 13.9. The van der Waals surface area contributed by atoms with Gasteiger partial charge in [-0.2, -0.15) is 5.10 Å². The van der Waals surface area contributed by atoms with Crippen molar-refractivity contribution in [1.82, 2.24) is 9.78 Å². The van der Waals surface area contributed by atoms with Crippen molar-refractivity contribution < 1.29 is 4.79 Å². The molecule has 0 unspecified atom stereocenters. The molecule has 0 bridgehead atoms. The Kier molecular flexibility index (Phi) is 4.12. The molecular weight excluding hydrogens is 285 g/mol. The summed E-state index contributed by atoms with van der Waals surface area (Å²) in [5.41, 5.74) is 7.41. The number of nitrogen functional groups attached to an aromatic ring is 1. The molecule has 0 saturated carbocycles. The fourth-order valence-corrected chi connectivity index (χ4v) is 2.26. The summed E-state index contributed by atoms with van der Waals surface area (Å²) in [4.78, 5) is 12.1. The van der Waals surface area contributed by atoms with E-state index in [2.05, 4.69) is 5.10 Å². The van der Waals surface area contributed by atoms with Gasteiger partial charge in [0.2, 0.25) is 0 Å². The van der Waals surface area contributed by atoms with E-state index in [0.717, 1.165) is 5.69 Å². The Morgan fingerprint density at radius 1 is 1.37 bits per heavy atom. The predicted molar refractivity (Wildman–Crippen MR) is 76.7 cm³/mol. The third kappa shape index (κ3) is 3.08. The molecule has 0 aliphatic rings. The number of hydrogen-bond acceptors (Lipinski definition) is 3. The number of ketones is 1. The van der Waals surface area contributed by atoms with E-state index in [-0.39, 0.29) is 5.78 Å². The van der Waals surface area contributed by atoms with Gasteiger partial charge in [0.25, 0.3) is 0 Å². The first-order valence-electron chi connectivity index (χ1n) is 5.73. The van der Waals surface area contributed by atoms with Gasteiger partial charge in [0.15, 0.2) is 5.78 Å². The van der Waals surface area contributed by atoms with Crippen molar-refractivity contribution in [1.29, 1.82) is 0 Å². The molecule has 4 nitrogen and oxygen atoms in total. The number of aromatic nitrogens is 2. The average Bonchev–Trinajstić information content (AvgIpc) is 2.78. The lowest BCUT2D eigenvalue weighted by atomic mass is 10.1. The Labute approximate surface area is 121 Å². The van der Waals surface area contributed by atoms with Crippen molar-refractivity contribution >= 4 is 34.7 Å². The normalized spacial score (nSPS) is 10.7. The third-order valence-electron chi connectivity index (χ3n) is 2.93. The number of anilines is 1. The zero-order chi connectivity index (χ0) is 14.0. The van der Waals surface area contributed by atoms with Gasteiger partial charge in [0, 0.05) is 30.9 Å². The topological polar surface area (TPSA) is 60.9 Å². The molecule has 0 saturated heterocycles. The number of halogens is 2. The molecule has 100 valence electrons. The lowest BCUT2D eigenvalue weighted by molar-refractivity contribution is 0.0982. The molecule has 0 amide bonds. The summed E-state index contributed by atoms with van der Waals surface area (Å²) in [7, 11) is 1.84. The highest BCUT2D eigenvalue weighted by molar-refractivity contribution is 6.39. The van der Waals surface area contributed by atoms with Gasteiger partial charge in [-0.1, -0.05) is 23.2 Å². The van der Waals surface area contributed by atoms with Crippen molar-refractivity contribution in [2.75, 3.05) is 5.73 Å². The zero-order valence-electron chi connectivity index (χ0n) is 10.4. The van der Waals surface area contributed by atoms with Crippen LogP contribution in [0.3, 0.4) is 0 Å². The van der Waals surface area contributed by atoms with E-state index in [1.165, 1.54) is 0 Å². The van der Waals surface area contributed by atoms with Crippen LogP contribution in [-0.4, -0.2) is 15.6 Å². The van der Waals surface area contributed by atoms with Gasteiger partial charge in [-0.25, -0.2) is 0 Å². The van der Waals surface area contributed by atoms with Crippen LogP contribution in [0.15, 0.2) is 24.4 Å². The summed E-state index contributed by atoms with van der Waals surface area (Å²) in [6.07, 6.45) is 2.70. The molecule has 2 rings (SSSR count). The molecule has 2 N–H and O–H groups in total. The Balaban J connectivity index is 2.10. The fourth-order valence-electron chi connectivity index (χ4n) is 1.78. The molecule has 0 fully saturated rings. The summed E-state index contributed by atoms with van der Waals surface area (Å²) >= 11 is 11.8. The largest absolute Gasteiger partial charge is 0.396 e. The van der Waals surface area contributed by atoms with E-state index in [1.807, 2.05) is 13.1 Å². The number of nitrogens with zero attached hydrogens (tertiary/aromatic N) is 2. The van der Waals surface area contributed by atoms with E-state index in [1.54, 1.807) is 23.0 Å². The second-order valence-electron chi connectivity index (χ2n) is 4.22. The van der Waals surface area contributed by atoms with Crippen LogP contribution in [0.1, 0.15) is 22.5 Å². The van der Waals surface area contributed by atoms with Gasteiger partial charge in [-0.15, -0.1) is 0 Å². The Hall–Kier alpha value is -1.52. The van der Waals surface area contributed by atoms with Gasteiger partial charge in [-0.05, 0) is 24.6 Å². The SMILES string of the molecule is Cn1nccc1CCC(=O)c1cc(Cl)c(N)c(Cl)c1. The number of benzene rings is 1. The zero-order valence-corrected chi connectivity index (χ0v) is 11.9. The first-order valence-corrected chi connectivity index (χ1v) is 6.49. The molecule has 2 aromatic rings. The van der Waals surface area contributed by atoms with Gasteiger partial charge in [-0.3, -0.25) is 9.48 Å². The van der Waals surface area contributed by atoms with E-state index < -0.39 is 0 Å². The number of Topliss-reactive ketones (excluding diaryl/α,β-unsaturated/α-hetero) is 1. The number of aryl methyl sites for hydroxylation is 2. The minimum atomic E-state index is -0.0231. The molecule has 1 aromatic carbocycles. The van der Waals surface area contributed by atoms with Crippen LogP contribution in [0.25, 0.3) is 0 Å². The lowest BCUT2D eigenvalue weighted by Gasteiger charge is -2.06. The van der Waals surface area contributed by atoms with Crippen LogP contribution in [0.2, 0.25) is 10.0 Å². The maximum Gasteiger partial charge on any atom is 0.163 e. The monoisotopic (exact) mass is 297 g/mol. The molecule has 1 heterocycles. The van der Waals surface area contributed by atoms with E-state index in [4.69, 9.17) is 28.9 Å². The maximum absolute atomic E-state index is 12.1. The second-order valence-corrected chi connectivity index (χ2v) is 5.04. The Morgan fingerprint density at radius 2 is 2.00 bits per heavy atom. The van der Waals surface area contributed by atoms with Crippen LogP contribution in [0.5, 0.6) is 0 Å². The summed E-state index contributed by atoms with van der Waals surface area (Å²) in [6.45, 7) is 0. The number of nitrogens with two attached hydrogens (primary N) is 1. The quantitative estimate of drug-likeness (QED) is 0.697. The second kappa shape index (κ2) is 5.63. The van der Waals surface area contributed by atoms with Crippen LogP contribution in [0, 0.1) is 0 Å². The van der Waals surface area contributed by atoms with Crippen molar-refractivity contribution in [2.45, 2.75) is 12.8 Å². The van der Waals surface area contributed by atoms with Gasteiger partial charge >= 0.3 is 0 Å². The van der Waals surface area contributed by atoms with Crippen molar-refractivity contribution in [3.8, 4) is 0 Å². The van der Waals surface area contributed by atoms with E-state index in [9.17, 15) is 4.79 Å². The van der Waals surface area contributed by atoms with Crippen LogP contribution in [0.4, 0.5) is 5.69 Å². The molecule has 0 aliphatic heterocycles. The summed E-state index contributed by atoms with van der Waals surface area (Å²) in [6, 6.07) is 4.99. The molecule has 0 spiro atoms. The molecule has 19 heavy (non-hydrogen) atoms.